The lowest BCUT2D eigenvalue weighted by Crippen LogP contribution is -2.38. The molecule has 1 N–H and O–H groups in total. The Morgan fingerprint density at radius 1 is 1.11 bits per heavy atom. The Balaban J connectivity index is 1.93. The van der Waals surface area contributed by atoms with Gasteiger partial charge in [0.25, 0.3) is 0 Å². The molecule has 3 nitrogen and oxygen atoms in total. The van der Waals surface area contributed by atoms with Gasteiger partial charge in [0.1, 0.15) is 0 Å². The number of sulfone groups is 1. The van der Waals surface area contributed by atoms with E-state index in [-0.39, 0.29) is 5.25 Å². The molecule has 1 heterocycles. The van der Waals surface area contributed by atoms with Crippen LogP contribution in [0.4, 0.5) is 0 Å². The molecule has 0 aromatic heterocycles. The normalized spacial score (nSPS) is 23.9. The lowest BCUT2D eigenvalue weighted by Gasteiger charge is -2.23. The van der Waals surface area contributed by atoms with Crippen molar-refractivity contribution in [3.05, 3.63) is 29.3 Å². The van der Waals surface area contributed by atoms with Crippen LogP contribution in [0.25, 0.3) is 0 Å². The fourth-order valence-electron chi connectivity index (χ4n) is 3.00. The Morgan fingerprint density at radius 3 is 2.72 bits per heavy atom. The van der Waals surface area contributed by atoms with E-state index in [4.69, 9.17) is 0 Å². The molecule has 0 spiro atoms. The highest BCUT2D eigenvalue weighted by Gasteiger charge is 2.29. The van der Waals surface area contributed by atoms with Gasteiger partial charge in [0.2, 0.25) is 0 Å². The van der Waals surface area contributed by atoms with Gasteiger partial charge in [-0.25, -0.2) is 8.42 Å². The van der Waals surface area contributed by atoms with Crippen molar-refractivity contribution in [2.24, 2.45) is 0 Å². The van der Waals surface area contributed by atoms with Gasteiger partial charge in [-0.2, -0.15) is 0 Å². The predicted octanol–water partition coefficient (Wildman–Crippen LogP) is 1.70. The van der Waals surface area contributed by atoms with Crippen LogP contribution in [0, 0.1) is 0 Å². The number of rotatable bonds is 2. The molecule has 98 valence electrons. The average Bonchev–Trinajstić information content (AvgIpc) is 2.87. The summed E-state index contributed by atoms with van der Waals surface area (Å²) >= 11 is 0. The molecule has 0 amide bonds. The highest BCUT2D eigenvalue weighted by molar-refractivity contribution is 7.92. The number of hydrogen-bond acceptors (Lipinski definition) is 3. The smallest absolute Gasteiger partial charge is 0.182 e. The average molecular weight is 265 g/mol. The topological polar surface area (TPSA) is 46.2 Å². The predicted molar refractivity (Wildman–Crippen MR) is 71.5 cm³/mol. The number of piperidine rings is 1. The molecule has 0 saturated carbocycles. The lowest BCUT2D eigenvalue weighted by atomic mass is 10.1. The van der Waals surface area contributed by atoms with Gasteiger partial charge in [0.05, 0.1) is 10.1 Å². The molecular formula is C14H19NO2S. The van der Waals surface area contributed by atoms with Crippen LogP contribution in [-0.2, 0) is 22.7 Å². The number of benzene rings is 1. The zero-order valence-electron chi connectivity index (χ0n) is 10.5. The molecule has 1 aliphatic carbocycles. The van der Waals surface area contributed by atoms with Crippen LogP contribution in [0.1, 0.15) is 30.4 Å². The fourth-order valence-corrected chi connectivity index (χ4v) is 4.77. The summed E-state index contributed by atoms with van der Waals surface area (Å²) in [6.45, 7) is 1.54. The Morgan fingerprint density at radius 2 is 1.94 bits per heavy atom. The number of aryl methyl sites for hydroxylation is 2. The molecule has 1 aliphatic heterocycles. The summed E-state index contributed by atoms with van der Waals surface area (Å²) in [5.74, 6) is 0. The van der Waals surface area contributed by atoms with E-state index in [2.05, 4.69) is 5.32 Å². The van der Waals surface area contributed by atoms with E-state index in [0.29, 0.717) is 11.4 Å². The molecule has 18 heavy (non-hydrogen) atoms. The third-order valence-corrected chi connectivity index (χ3v) is 6.28. The minimum atomic E-state index is -3.15. The van der Waals surface area contributed by atoms with Crippen molar-refractivity contribution < 1.29 is 8.42 Å². The first-order chi connectivity index (χ1) is 8.68. The zero-order chi connectivity index (χ0) is 12.6. The fraction of sp³-hybridized carbons (Fsp3) is 0.571. The lowest BCUT2D eigenvalue weighted by molar-refractivity contribution is 0.497. The van der Waals surface area contributed by atoms with Crippen LogP contribution in [0.2, 0.25) is 0 Å². The zero-order valence-corrected chi connectivity index (χ0v) is 11.3. The summed E-state index contributed by atoms with van der Waals surface area (Å²) in [4.78, 5) is 0.525. The maximum absolute atomic E-state index is 12.5. The van der Waals surface area contributed by atoms with Gasteiger partial charge >= 0.3 is 0 Å². The van der Waals surface area contributed by atoms with Crippen molar-refractivity contribution in [2.45, 2.75) is 42.2 Å². The summed E-state index contributed by atoms with van der Waals surface area (Å²) < 4.78 is 25.1. The quantitative estimate of drug-likeness (QED) is 0.885. The molecule has 0 bridgehead atoms. The summed E-state index contributed by atoms with van der Waals surface area (Å²) in [5.41, 5.74) is 2.57. The molecule has 3 rings (SSSR count). The molecule has 1 atom stereocenters. The van der Waals surface area contributed by atoms with E-state index in [1.165, 1.54) is 11.1 Å². The third-order valence-electron chi connectivity index (χ3n) is 4.09. The van der Waals surface area contributed by atoms with Crippen LogP contribution in [0.5, 0.6) is 0 Å². The van der Waals surface area contributed by atoms with Crippen molar-refractivity contribution in [3.63, 3.8) is 0 Å². The van der Waals surface area contributed by atoms with Gasteiger partial charge in [-0.15, -0.1) is 0 Å². The largest absolute Gasteiger partial charge is 0.315 e. The van der Waals surface area contributed by atoms with Gasteiger partial charge < -0.3 is 5.32 Å². The van der Waals surface area contributed by atoms with Crippen molar-refractivity contribution in [2.75, 3.05) is 13.1 Å². The first kappa shape index (κ1) is 12.2. The van der Waals surface area contributed by atoms with Crippen LogP contribution in [0.15, 0.2) is 23.1 Å². The van der Waals surface area contributed by atoms with Gasteiger partial charge in [-0.3, -0.25) is 0 Å². The van der Waals surface area contributed by atoms with Crippen LogP contribution < -0.4 is 5.32 Å². The van der Waals surface area contributed by atoms with Crippen LogP contribution in [-0.4, -0.2) is 26.8 Å². The Labute approximate surface area is 109 Å². The summed E-state index contributed by atoms with van der Waals surface area (Å²) in [6.07, 6.45) is 5.02. The van der Waals surface area contributed by atoms with E-state index < -0.39 is 9.84 Å². The SMILES string of the molecule is O=S(=O)(c1ccc2c(c1)CCC2)C1CCCNC1. The van der Waals surface area contributed by atoms with Crippen LogP contribution in [0.3, 0.4) is 0 Å². The van der Waals surface area contributed by atoms with Gasteiger partial charge in [0.15, 0.2) is 9.84 Å². The van der Waals surface area contributed by atoms with Crippen molar-refractivity contribution in [3.8, 4) is 0 Å². The standard InChI is InChI=1S/C14H19NO2S/c16-18(17,14-5-2-8-15-10-14)13-7-6-11-3-1-4-12(11)9-13/h6-7,9,14-15H,1-5,8,10H2. The molecule has 0 radical (unpaired) electrons. The summed E-state index contributed by atoms with van der Waals surface area (Å²) in [7, 11) is -3.15. The first-order valence-electron chi connectivity index (χ1n) is 6.74. The molecule has 2 aliphatic rings. The number of hydrogen-bond donors (Lipinski definition) is 1. The van der Waals surface area contributed by atoms with Gasteiger partial charge in [0, 0.05) is 6.54 Å². The Bertz CT molecular complexity index is 545. The van der Waals surface area contributed by atoms with E-state index in [1.807, 2.05) is 12.1 Å². The molecule has 1 aromatic carbocycles. The number of nitrogens with one attached hydrogen (secondary N) is 1. The van der Waals surface area contributed by atoms with Crippen molar-refractivity contribution in [1.82, 2.24) is 5.32 Å². The second-order valence-corrected chi connectivity index (χ2v) is 7.53. The van der Waals surface area contributed by atoms with Gasteiger partial charge in [-0.05, 0) is 61.9 Å². The summed E-state index contributed by atoms with van der Waals surface area (Å²) in [5, 5.41) is 2.94. The van der Waals surface area contributed by atoms with Gasteiger partial charge in [-0.1, -0.05) is 6.07 Å². The van der Waals surface area contributed by atoms with E-state index >= 15 is 0 Å². The van der Waals surface area contributed by atoms with E-state index in [1.54, 1.807) is 6.07 Å². The molecule has 1 aromatic rings. The first-order valence-corrected chi connectivity index (χ1v) is 8.29. The molecule has 1 fully saturated rings. The molecule has 4 heteroatoms. The second kappa shape index (κ2) is 4.67. The minimum absolute atomic E-state index is 0.245. The van der Waals surface area contributed by atoms with E-state index in [0.717, 1.165) is 38.6 Å². The molecule has 1 saturated heterocycles. The molecule has 1 unspecified atom stereocenters. The highest BCUT2D eigenvalue weighted by Crippen LogP contribution is 2.27. The maximum atomic E-state index is 12.5. The Kier molecular flexibility index (Phi) is 3.16. The monoisotopic (exact) mass is 265 g/mol. The van der Waals surface area contributed by atoms with Crippen molar-refractivity contribution >= 4 is 9.84 Å². The maximum Gasteiger partial charge on any atom is 0.182 e. The van der Waals surface area contributed by atoms with E-state index in [9.17, 15) is 8.42 Å². The highest BCUT2D eigenvalue weighted by atomic mass is 32.2. The molecular weight excluding hydrogens is 246 g/mol. The number of fused-ring (bicyclic) bond motifs is 1. The van der Waals surface area contributed by atoms with Crippen molar-refractivity contribution in [1.29, 1.82) is 0 Å². The summed E-state index contributed by atoms with van der Waals surface area (Å²) in [6, 6.07) is 5.71. The Hall–Kier alpha value is -0.870. The third kappa shape index (κ3) is 2.08. The van der Waals surface area contributed by atoms with Crippen LogP contribution >= 0.6 is 0 Å². The second-order valence-electron chi connectivity index (χ2n) is 5.30. The minimum Gasteiger partial charge on any atom is -0.315 e.